The SMILES string of the molecule is C=C(CCl)[C@H]1CC=C(C)C(=O)C1. The van der Waals surface area contributed by atoms with Crippen LogP contribution in [0.2, 0.25) is 0 Å². The van der Waals surface area contributed by atoms with E-state index in [4.69, 9.17) is 11.6 Å². The van der Waals surface area contributed by atoms with Gasteiger partial charge in [-0.2, -0.15) is 0 Å². The molecular formula is C10H13ClO. The summed E-state index contributed by atoms with van der Waals surface area (Å²) in [6.45, 7) is 5.71. The van der Waals surface area contributed by atoms with E-state index in [0.29, 0.717) is 12.3 Å². The molecule has 0 aromatic heterocycles. The molecule has 0 spiro atoms. The smallest absolute Gasteiger partial charge is 0.158 e. The Bertz CT molecular complexity index is 240. The monoisotopic (exact) mass is 184 g/mol. The van der Waals surface area contributed by atoms with Crippen LogP contribution in [0, 0.1) is 5.92 Å². The Morgan fingerprint density at radius 3 is 3.00 bits per heavy atom. The number of halogens is 1. The molecule has 0 aromatic carbocycles. The second-order valence-corrected chi connectivity index (χ2v) is 3.51. The summed E-state index contributed by atoms with van der Waals surface area (Å²) in [5.74, 6) is 0.974. The Balaban J connectivity index is 2.65. The number of hydrogen-bond acceptors (Lipinski definition) is 1. The van der Waals surface area contributed by atoms with Crippen molar-refractivity contribution in [3.8, 4) is 0 Å². The van der Waals surface area contributed by atoms with E-state index in [0.717, 1.165) is 17.6 Å². The Kier molecular flexibility index (Phi) is 3.10. The van der Waals surface area contributed by atoms with Crippen molar-refractivity contribution in [1.82, 2.24) is 0 Å². The van der Waals surface area contributed by atoms with Gasteiger partial charge in [-0.1, -0.05) is 18.2 Å². The minimum absolute atomic E-state index is 0.234. The van der Waals surface area contributed by atoms with Crippen LogP contribution in [-0.4, -0.2) is 11.7 Å². The second-order valence-electron chi connectivity index (χ2n) is 3.24. The first-order chi connectivity index (χ1) is 5.65. The van der Waals surface area contributed by atoms with E-state index >= 15 is 0 Å². The molecule has 0 amide bonds. The molecule has 12 heavy (non-hydrogen) atoms. The largest absolute Gasteiger partial charge is 0.295 e. The fraction of sp³-hybridized carbons (Fsp3) is 0.500. The Morgan fingerprint density at radius 2 is 2.50 bits per heavy atom. The van der Waals surface area contributed by atoms with E-state index in [9.17, 15) is 4.79 Å². The summed E-state index contributed by atoms with van der Waals surface area (Å²) < 4.78 is 0. The van der Waals surface area contributed by atoms with Gasteiger partial charge in [0.2, 0.25) is 0 Å². The first-order valence-electron chi connectivity index (χ1n) is 4.08. The zero-order valence-electron chi connectivity index (χ0n) is 7.27. The summed E-state index contributed by atoms with van der Waals surface area (Å²) >= 11 is 5.64. The van der Waals surface area contributed by atoms with Crippen LogP contribution in [-0.2, 0) is 4.79 Å². The quantitative estimate of drug-likeness (QED) is 0.477. The highest BCUT2D eigenvalue weighted by Gasteiger charge is 2.20. The Hall–Kier alpha value is -0.560. The molecule has 1 atom stereocenters. The molecule has 2 heteroatoms. The van der Waals surface area contributed by atoms with E-state index in [1.54, 1.807) is 0 Å². The summed E-state index contributed by atoms with van der Waals surface area (Å²) in [4.78, 5) is 11.3. The van der Waals surface area contributed by atoms with Crippen LogP contribution < -0.4 is 0 Å². The third-order valence-electron chi connectivity index (χ3n) is 2.33. The molecule has 0 saturated carbocycles. The summed E-state index contributed by atoms with van der Waals surface area (Å²) in [5.41, 5.74) is 1.86. The second kappa shape index (κ2) is 3.90. The highest BCUT2D eigenvalue weighted by molar-refractivity contribution is 6.19. The molecule has 0 unspecified atom stereocenters. The van der Waals surface area contributed by atoms with E-state index in [2.05, 4.69) is 6.58 Å². The lowest BCUT2D eigenvalue weighted by Crippen LogP contribution is -2.16. The van der Waals surface area contributed by atoms with Crippen molar-refractivity contribution >= 4 is 17.4 Å². The molecule has 0 aliphatic heterocycles. The molecule has 1 nitrogen and oxygen atoms in total. The third kappa shape index (κ3) is 1.98. The number of Topliss-reactive ketones (excluding diaryl/α,β-unsaturated/α-hetero) is 1. The summed E-state index contributed by atoms with van der Waals surface area (Å²) in [7, 11) is 0. The molecule has 1 aliphatic carbocycles. The van der Waals surface area contributed by atoms with Crippen LogP contribution in [0.5, 0.6) is 0 Å². The average molecular weight is 185 g/mol. The van der Waals surface area contributed by atoms with E-state index in [1.165, 1.54) is 0 Å². The molecular weight excluding hydrogens is 172 g/mol. The minimum atomic E-state index is 0.234. The predicted octanol–water partition coefficient (Wildman–Crippen LogP) is 2.71. The molecule has 0 heterocycles. The van der Waals surface area contributed by atoms with Crippen LogP contribution in [0.15, 0.2) is 23.8 Å². The summed E-state index contributed by atoms with van der Waals surface area (Å²) in [5, 5.41) is 0. The fourth-order valence-electron chi connectivity index (χ4n) is 1.32. The molecule has 0 aromatic rings. The van der Waals surface area contributed by atoms with Crippen molar-refractivity contribution in [3.63, 3.8) is 0 Å². The number of ketones is 1. The van der Waals surface area contributed by atoms with Gasteiger partial charge in [0.25, 0.3) is 0 Å². The van der Waals surface area contributed by atoms with Crippen molar-refractivity contribution in [3.05, 3.63) is 23.8 Å². The number of carbonyl (C=O) groups is 1. The van der Waals surface area contributed by atoms with Gasteiger partial charge in [-0.15, -0.1) is 11.6 Å². The van der Waals surface area contributed by atoms with Gasteiger partial charge < -0.3 is 0 Å². The third-order valence-corrected chi connectivity index (χ3v) is 2.67. The molecule has 1 rings (SSSR count). The van der Waals surface area contributed by atoms with Crippen LogP contribution in [0.4, 0.5) is 0 Å². The molecule has 0 N–H and O–H groups in total. The number of allylic oxidation sites excluding steroid dienone is 3. The van der Waals surface area contributed by atoms with E-state index in [-0.39, 0.29) is 11.7 Å². The van der Waals surface area contributed by atoms with Gasteiger partial charge in [0.1, 0.15) is 0 Å². The molecule has 0 saturated heterocycles. The maximum absolute atomic E-state index is 11.3. The lowest BCUT2D eigenvalue weighted by atomic mass is 9.85. The van der Waals surface area contributed by atoms with Gasteiger partial charge in [-0.25, -0.2) is 0 Å². The van der Waals surface area contributed by atoms with Gasteiger partial charge in [0.15, 0.2) is 5.78 Å². The van der Waals surface area contributed by atoms with Crippen LogP contribution >= 0.6 is 11.6 Å². The fourth-order valence-corrected chi connectivity index (χ4v) is 1.54. The van der Waals surface area contributed by atoms with Crippen molar-refractivity contribution in [2.24, 2.45) is 5.92 Å². The Labute approximate surface area is 78.1 Å². The lowest BCUT2D eigenvalue weighted by molar-refractivity contribution is -0.116. The van der Waals surface area contributed by atoms with Crippen molar-refractivity contribution in [2.75, 3.05) is 5.88 Å². The van der Waals surface area contributed by atoms with Gasteiger partial charge in [0.05, 0.1) is 0 Å². The number of carbonyl (C=O) groups excluding carboxylic acids is 1. The predicted molar refractivity (Wildman–Crippen MR) is 51.3 cm³/mol. The summed E-state index contributed by atoms with van der Waals surface area (Å²) in [6, 6.07) is 0. The number of rotatable bonds is 2. The zero-order valence-corrected chi connectivity index (χ0v) is 8.03. The van der Waals surface area contributed by atoms with Crippen molar-refractivity contribution in [2.45, 2.75) is 19.8 Å². The van der Waals surface area contributed by atoms with Gasteiger partial charge in [-0.05, 0) is 24.8 Å². The number of alkyl halides is 1. The first kappa shape index (κ1) is 9.53. The summed E-state index contributed by atoms with van der Waals surface area (Å²) in [6.07, 6.45) is 3.49. The van der Waals surface area contributed by atoms with Crippen LogP contribution in [0.3, 0.4) is 0 Å². The van der Waals surface area contributed by atoms with E-state index < -0.39 is 0 Å². The molecule has 66 valence electrons. The molecule has 1 aliphatic rings. The average Bonchev–Trinajstić information content (AvgIpc) is 2.08. The van der Waals surface area contributed by atoms with Gasteiger partial charge >= 0.3 is 0 Å². The maximum Gasteiger partial charge on any atom is 0.158 e. The molecule has 0 radical (unpaired) electrons. The number of hydrogen-bond donors (Lipinski definition) is 0. The minimum Gasteiger partial charge on any atom is -0.295 e. The van der Waals surface area contributed by atoms with Gasteiger partial charge in [0, 0.05) is 12.3 Å². The van der Waals surface area contributed by atoms with Crippen LogP contribution in [0.25, 0.3) is 0 Å². The molecule has 0 fully saturated rings. The Morgan fingerprint density at radius 1 is 1.83 bits per heavy atom. The molecule has 0 bridgehead atoms. The zero-order chi connectivity index (χ0) is 9.14. The topological polar surface area (TPSA) is 17.1 Å². The normalized spacial score (nSPS) is 23.7. The van der Waals surface area contributed by atoms with Gasteiger partial charge in [-0.3, -0.25) is 4.79 Å². The maximum atomic E-state index is 11.3. The van der Waals surface area contributed by atoms with E-state index in [1.807, 2.05) is 13.0 Å². The standard InChI is InChI=1S/C10H13ClO/c1-7-3-4-9(5-10(7)12)8(2)6-11/h3,9H,2,4-6H2,1H3/t9-/m0/s1. The first-order valence-corrected chi connectivity index (χ1v) is 4.62. The highest BCUT2D eigenvalue weighted by Crippen LogP contribution is 2.26. The van der Waals surface area contributed by atoms with Crippen molar-refractivity contribution in [1.29, 1.82) is 0 Å². The highest BCUT2D eigenvalue weighted by atomic mass is 35.5. The van der Waals surface area contributed by atoms with Crippen molar-refractivity contribution < 1.29 is 4.79 Å². The van der Waals surface area contributed by atoms with Crippen LogP contribution in [0.1, 0.15) is 19.8 Å². The lowest BCUT2D eigenvalue weighted by Gasteiger charge is -2.20.